The Labute approximate surface area is 202 Å². The average Bonchev–Trinajstić information content (AvgIpc) is 2.73. The minimum Gasteiger partial charge on any atom is -0.495 e. The lowest BCUT2D eigenvalue weighted by Crippen LogP contribution is -2.50. The largest absolute Gasteiger partial charge is 0.495 e. The SMILES string of the molecule is CCC(C(=O)NCCOc1ccc(C(C)(C)C)cc1)N(c1cc(Cl)ccc1OC)S(C)(=O)=O. The smallest absolute Gasteiger partial charge is 0.244 e. The third-order valence-electron chi connectivity index (χ3n) is 5.10. The van der Waals surface area contributed by atoms with Gasteiger partial charge in [-0.15, -0.1) is 0 Å². The van der Waals surface area contributed by atoms with Gasteiger partial charge in [0, 0.05) is 5.02 Å². The predicted octanol–water partition coefficient (Wildman–Crippen LogP) is 4.39. The fraction of sp³-hybridized carbons (Fsp3) is 0.458. The van der Waals surface area contributed by atoms with Crippen LogP contribution < -0.4 is 19.1 Å². The lowest BCUT2D eigenvalue weighted by Gasteiger charge is -2.31. The number of hydrogen-bond donors (Lipinski definition) is 1. The van der Waals surface area contributed by atoms with E-state index < -0.39 is 22.0 Å². The van der Waals surface area contributed by atoms with Crippen LogP contribution in [0, 0.1) is 0 Å². The number of benzene rings is 2. The first-order valence-electron chi connectivity index (χ1n) is 10.7. The molecule has 0 aliphatic carbocycles. The van der Waals surface area contributed by atoms with Gasteiger partial charge in [0.05, 0.1) is 25.6 Å². The van der Waals surface area contributed by atoms with Gasteiger partial charge in [0.1, 0.15) is 24.1 Å². The number of nitrogens with one attached hydrogen (secondary N) is 1. The molecule has 2 rings (SSSR count). The molecule has 0 aliphatic rings. The molecule has 1 amide bonds. The number of halogens is 1. The monoisotopic (exact) mass is 496 g/mol. The molecule has 9 heteroatoms. The van der Waals surface area contributed by atoms with Gasteiger partial charge in [0.2, 0.25) is 15.9 Å². The number of hydrogen-bond acceptors (Lipinski definition) is 5. The summed E-state index contributed by atoms with van der Waals surface area (Å²) in [5, 5.41) is 3.10. The quantitative estimate of drug-likeness (QED) is 0.493. The summed E-state index contributed by atoms with van der Waals surface area (Å²) >= 11 is 6.10. The minimum atomic E-state index is -3.81. The van der Waals surface area contributed by atoms with E-state index in [4.69, 9.17) is 21.1 Å². The Morgan fingerprint density at radius 2 is 1.79 bits per heavy atom. The van der Waals surface area contributed by atoms with E-state index in [0.717, 1.165) is 10.6 Å². The van der Waals surface area contributed by atoms with Gasteiger partial charge in [0.25, 0.3) is 0 Å². The van der Waals surface area contributed by atoms with Crippen LogP contribution in [0.1, 0.15) is 39.7 Å². The molecule has 0 aliphatic heterocycles. The predicted molar refractivity (Wildman–Crippen MR) is 133 cm³/mol. The van der Waals surface area contributed by atoms with Crippen LogP contribution in [0.25, 0.3) is 0 Å². The molecule has 0 heterocycles. The van der Waals surface area contributed by atoms with Gasteiger partial charge in [-0.25, -0.2) is 8.42 Å². The van der Waals surface area contributed by atoms with Gasteiger partial charge < -0.3 is 14.8 Å². The summed E-state index contributed by atoms with van der Waals surface area (Å²) < 4.78 is 37.4. The maximum absolute atomic E-state index is 12.9. The van der Waals surface area contributed by atoms with E-state index in [9.17, 15) is 13.2 Å². The molecule has 0 fully saturated rings. The van der Waals surface area contributed by atoms with Gasteiger partial charge in [-0.2, -0.15) is 0 Å². The minimum absolute atomic E-state index is 0.0544. The lowest BCUT2D eigenvalue weighted by molar-refractivity contribution is -0.122. The molecule has 0 saturated heterocycles. The molecule has 2 aromatic rings. The second-order valence-electron chi connectivity index (χ2n) is 8.71. The Bertz CT molecular complexity index is 1050. The summed E-state index contributed by atoms with van der Waals surface area (Å²) in [5.41, 5.74) is 1.47. The van der Waals surface area contributed by atoms with Gasteiger partial charge in [-0.1, -0.05) is 51.4 Å². The molecule has 33 heavy (non-hydrogen) atoms. The van der Waals surface area contributed by atoms with Crippen molar-refractivity contribution in [3.05, 3.63) is 53.1 Å². The topological polar surface area (TPSA) is 84.9 Å². The van der Waals surface area contributed by atoms with Crippen molar-refractivity contribution in [2.75, 3.05) is 30.8 Å². The Hall–Kier alpha value is -2.45. The number of carbonyl (C=O) groups excluding carboxylic acids is 1. The molecule has 182 valence electrons. The van der Waals surface area contributed by atoms with Gasteiger partial charge in [0.15, 0.2) is 0 Å². The number of sulfonamides is 1. The van der Waals surface area contributed by atoms with E-state index in [0.29, 0.717) is 16.5 Å². The number of carbonyl (C=O) groups is 1. The van der Waals surface area contributed by atoms with E-state index in [-0.39, 0.29) is 30.7 Å². The van der Waals surface area contributed by atoms with Crippen molar-refractivity contribution in [3.8, 4) is 11.5 Å². The number of nitrogens with zero attached hydrogens (tertiary/aromatic N) is 1. The first kappa shape index (κ1) is 26.8. The zero-order valence-corrected chi connectivity index (χ0v) is 21.6. The first-order chi connectivity index (χ1) is 15.4. The molecule has 0 saturated carbocycles. The Balaban J connectivity index is 2.09. The second-order valence-corrected chi connectivity index (χ2v) is 11.0. The van der Waals surface area contributed by atoms with Crippen molar-refractivity contribution in [3.63, 3.8) is 0 Å². The summed E-state index contributed by atoms with van der Waals surface area (Å²) in [6.07, 6.45) is 1.30. The molecule has 1 unspecified atom stereocenters. The standard InChI is InChI=1S/C24H33ClN2O5S/c1-7-20(27(33(6,29)30)21-16-18(25)10-13-22(21)31-5)23(28)26-14-15-32-19-11-8-17(9-12-19)24(2,3)4/h8-13,16,20H,7,14-15H2,1-6H3,(H,26,28). The molecular formula is C24H33ClN2O5S. The highest BCUT2D eigenvalue weighted by molar-refractivity contribution is 7.92. The van der Waals surface area contributed by atoms with Crippen LogP contribution in [-0.2, 0) is 20.2 Å². The van der Waals surface area contributed by atoms with Crippen LogP contribution in [0.4, 0.5) is 5.69 Å². The number of amides is 1. The van der Waals surface area contributed by atoms with Crippen LogP contribution in [0.2, 0.25) is 5.02 Å². The van der Waals surface area contributed by atoms with E-state index in [1.165, 1.54) is 18.7 Å². The molecule has 0 radical (unpaired) electrons. The van der Waals surface area contributed by atoms with E-state index >= 15 is 0 Å². The zero-order chi connectivity index (χ0) is 24.8. The fourth-order valence-electron chi connectivity index (χ4n) is 3.38. The summed E-state index contributed by atoms with van der Waals surface area (Å²) in [6, 6.07) is 11.5. The molecular weight excluding hydrogens is 464 g/mol. The average molecular weight is 497 g/mol. The maximum Gasteiger partial charge on any atom is 0.244 e. The Morgan fingerprint density at radius 1 is 1.15 bits per heavy atom. The van der Waals surface area contributed by atoms with Crippen molar-refractivity contribution < 1.29 is 22.7 Å². The summed E-state index contributed by atoms with van der Waals surface area (Å²) in [4.78, 5) is 12.9. The third kappa shape index (κ3) is 7.27. The van der Waals surface area contributed by atoms with E-state index in [2.05, 4.69) is 26.1 Å². The Morgan fingerprint density at radius 3 is 2.30 bits per heavy atom. The lowest BCUT2D eigenvalue weighted by atomic mass is 9.87. The molecule has 1 N–H and O–H groups in total. The highest BCUT2D eigenvalue weighted by Crippen LogP contribution is 2.34. The number of methoxy groups -OCH3 is 1. The number of anilines is 1. The van der Waals surface area contributed by atoms with Gasteiger partial charge >= 0.3 is 0 Å². The molecule has 2 aromatic carbocycles. The van der Waals surface area contributed by atoms with E-state index in [1.54, 1.807) is 19.1 Å². The van der Waals surface area contributed by atoms with Gasteiger partial charge in [-0.3, -0.25) is 9.10 Å². The Kier molecular flexibility index (Phi) is 9.03. The van der Waals surface area contributed by atoms with Crippen LogP contribution in [0.3, 0.4) is 0 Å². The van der Waals surface area contributed by atoms with Crippen molar-refractivity contribution in [1.82, 2.24) is 5.32 Å². The highest BCUT2D eigenvalue weighted by Gasteiger charge is 2.33. The van der Waals surface area contributed by atoms with Crippen molar-refractivity contribution >= 4 is 33.2 Å². The van der Waals surface area contributed by atoms with Gasteiger partial charge in [-0.05, 0) is 47.7 Å². The zero-order valence-electron chi connectivity index (χ0n) is 20.0. The normalized spacial score (nSPS) is 12.7. The molecule has 1 atom stereocenters. The third-order valence-corrected chi connectivity index (χ3v) is 6.50. The summed E-state index contributed by atoms with van der Waals surface area (Å²) in [6.45, 7) is 8.63. The highest BCUT2D eigenvalue weighted by atomic mass is 35.5. The first-order valence-corrected chi connectivity index (χ1v) is 12.9. The van der Waals surface area contributed by atoms with E-state index in [1.807, 2.05) is 24.3 Å². The van der Waals surface area contributed by atoms with Crippen LogP contribution >= 0.6 is 11.6 Å². The van der Waals surface area contributed by atoms with Crippen molar-refractivity contribution in [2.24, 2.45) is 0 Å². The molecule has 7 nitrogen and oxygen atoms in total. The number of rotatable bonds is 10. The summed E-state index contributed by atoms with van der Waals surface area (Å²) in [7, 11) is -2.38. The molecule has 0 spiro atoms. The second kappa shape index (κ2) is 11.1. The van der Waals surface area contributed by atoms with Crippen molar-refractivity contribution in [1.29, 1.82) is 0 Å². The van der Waals surface area contributed by atoms with Crippen LogP contribution in [0.15, 0.2) is 42.5 Å². The van der Waals surface area contributed by atoms with Crippen molar-refractivity contribution in [2.45, 2.75) is 45.6 Å². The molecule has 0 bridgehead atoms. The summed E-state index contributed by atoms with van der Waals surface area (Å²) in [5.74, 6) is 0.570. The van der Waals surface area contributed by atoms with Crippen LogP contribution in [0.5, 0.6) is 11.5 Å². The maximum atomic E-state index is 12.9. The van der Waals surface area contributed by atoms with Crippen LogP contribution in [-0.4, -0.2) is 46.9 Å². The molecule has 0 aromatic heterocycles. The number of ether oxygens (including phenoxy) is 2. The fourth-order valence-corrected chi connectivity index (χ4v) is 4.76.